The van der Waals surface area contributed by atoms with Crippen LogP contribution in [0.15, 0.2) is 35.1 Å². The monoisotopic (exact) mass is 589 g/mol. The summed E-state index contributed by atoms with van der Waals surface area (Å²) in [5.41, 5.74) is 0.550. The summed E-state index contributed by atoms with van der Waals surface area (Å²) in [4.78, 5) is 18.6. The minimum Gasteiger partial charge on any atom is -0.494 e. The molecule has 2 saturated carbocycles. The first-order valence-corrected chi connectivity index (χ1v) is 16.2. The van der Waals surface area contributed by atoms with Gasteiger partial charge in [0, 0.05) is 24.3 Å². The number of tetrazole rings is 2. The van der Waals surface area contributed by atoms with E-state index in [2.05, 4.69) is 31.1 Å². The van der Waals surface area contributed by atoms with Crippen LogP contribution in [-0.2, 0) is 12.8 Å². The van der Waals surface area contributed by atoms with Crippen molar-refractivity contribution < 1.29 is 9.57 Å². The number of fused-ring (bicyclic) bond motifs is 1. The molecule has 1 aromatic carbocycles. The number of aryl methyl sites for hydroxylation is 2. The van der Waals surface area contributed by atoms with Crippen LogP contribution in [0.1, 0.15) is 114 Å². The van der Waals surface area contributed by atoms with Gasteiger partial charge in [-0.2, -0.15) is 0 Å². The zero-order chi connectivity index (χ0) is 29.3. The minimum absolute atomic E-state index is 0.182. The van der Waals surface area contributed by atoms with Gasteiger partial charge in [0.1, 0.15) is 12.4 Å². The highest BCUT2D eigenvalue weighted by molar-refractivity contribution is 5.80. The molecule has 0 saturated heterocycles. The molecular formula is C31H43N9O3. The summed E-state index contributed by atoms with van der Waals surface area (Å²) in [6.07, 6.45) is 17.5. The molecule has 2 aliphatic carbocycles. The Labute approximate surface area is 251 Å². The Balaban J connectivity index is 0.953. The number of aromatic nitrogens is 9. The molecule has 2 fully saturated rings. The van der Waals surface area contributed by atoms with Crippen molar-refractivity contribution in [2.75, 3.05) is 13.2 Å². The molecule has 12 nitrogen and oxygen atoms in total. The Morgan fingerprint density at radius 1 is 0.698 bits per heavy atom. The zero-order valence-corrected chi connectivity index (χ0v) is 25.0. The maximum Gasteiger partial charge on any atom is 0.283 e. The molecule has 0 radical (unpaired) electrons. The van der Waals surface area contributed by atoms with Gasteiger partial charge in [-0.05, 0) is 96.5 Å². The van der Waals surface area contributed by atoms with Gasteiger partial charge in [0.25, 0.3) is 5.56 Å². The van der Waals surface area contributed by atoms with Crippen LogP contribution in [0.25, 0.3) is 10.9 Å². The van der Waals surface area contributed by atoms with E-state index < -0.39 is 0 Å². The molecule has 12 heteroatoms. The number of ether oxygens (including phenoxy) is 1. The van der Waals surface area contributed by atoms with Crippen LogP contribution in [-0.4, -0.2) is 58.4 Å². The topological polar surface area (TPSA) is 128 Å². The Morgan fingerprint density at radius 2 is 1.30 bits per heavy atom. The Bertz CT molecular complexity index is 1500. The first-order chi connectivity index (χ1) is 21.3. The third kappa shape index (κ3) is 7.40. The number of nitrogens with zero attached hydrogens (tertiary/aromatic N) is 9. The van der Waals surface area contributed by atoms with Gasteiger partial charge in [0.05, 0.1) is 24.2 Å². The van der Waals surface area contributed by atoms with Crippen molar-refractivity contribution in [2.45, 2.75) is 115 Å². The highest BCUT2D eigenvalue weighted by Crippen LogP contribution is 2.29. The lowest BCUT2D eigenvalue weighted by molar-refractivity contribution is 0.109. The van der Waals surface area contributed by atoms with E-state index in [0.717, 1.165) is 79.7 Å². The van der Waals surface area contributed by atoms with Crippen LogP contribution in [0.4, 0.5) is 0 Å². The van der Waals surface area contributed by atoms with E-state index in [4.69, 9.17) is 9.57 Å². The van der Waals surface area contributed by atoms with Gasteiger partial charge < -0.3 is 9.57 Å². The number of unbranched alkanes of at least 4 members (excludes halogenated alkanes) is 2. The van der Waals surface area contributed by atoms with Crippen molar-refractivity contribution >= 4 is 10.9 Å². The van der Waals surface area contributed by atoms with Gasteiger partial charge >= 0.3 is 0 Å². The van der Waals surface area contributed by atoms with Gasteiger partial charge in [-0.25, -0.2) is 9.36 Å². The summed E-state index contributed by atoms with van der Waals surface area (Å²) in [6, 6.07) is 9.99. The lowest BCUT2D eigenvalue weighted by atomic mass is 9.95. The molecule has 0 spiro atoms. The van der Waals surface area contributed by atoms with Crippen LogP contribution < -0.4 is 15.1 Å². The molecule has 3 heterocycles. The summed E-state index contributed by atoms with van der Waals surface area (Å²) >= 11 is 0. The maximum atomic E-state index is 12.6. The van der Waals surface area contributed by atoms with Crippen LogP contribution in [0.3, 0.4) is 0 Å². The summed E-state index contributed by atoms with van der Waals surface area (Å²) in [6.45, 7) is 1.04. The van der Waals surface area contributed by atoms with E-state index in [0.29, 0.717) is 25.3 Å². The summed E-state index contributed by atoms with van der Waals surface area (Å²) in [5.74, 6) is 2.71. The van der Waals surface area contributed by atoms with Crippen molar-refractivity contribution in [3.8, 4) is 5.75 Å². The van der Waals surface area contributed by atoms with Crippen LogP contribution >= 0.6 is 0 Å². The predicted octanol–water partition coefficient (Wildman–Crippen LogP) is 4.84. The fourth-order valence-electron chi connectivity index (χ4n) is 6.51. The highest BCUT2D eigenvalue weighted by Gasteiger charge is 2.21. The standard InChI is InChI=1S/C31H43N9O3/c41-31-20-17-24-23-27(42-21-9-7-15-29-32-34-36-38(29)25-11-3-1-4-12-25)18-19-28(24)40(31)43-22-10-8-16-30-33-35-37-39(30)26-13-5-2-6-14-26/h17-20,23,25-26H,1-16,21-22H2. The Morgan fingerprint density at radius 3 is 1.93 bits per heavy atom. The molecular weight excluding hydrogens is 546 g/mol. The minimum atomic E-state index is -0.182. The molecule has 2 aliphatic rings. The molecule has 0 amide bonds. The van der Waals surface area contributed by atoms with Gasteiger partial charge in [-0.3, -0.25) is 4.79 Å². The average Bonchev–Trinajstić information content (AvgIpc) is 3.72. The van der Waals surface area contributed by atoms with Gasteiger partial charge in [-0.15, -0.1) is 14.9 Å². The van der Waals surface area contributed by atoms with Crippen molar-refractivity contribution in [2.24, 2.45) is 0 Å². The fraction of sp³-hybridized carbons (Fsp3) is 0.645. The molecule has 0 N–H and O–H groups in total. The third-order valence-electron chi connectivity index (χ3n) is 8.87. The lowest BCUT2D eigenvalue weighted by Gasteiger charge is -2.22. The van der Waals surface area contributed by atoms with Crippen LogP contribution in [0.5, 0.6) is 5.75 Å². The second-order valence-corrected chi connectivity index (χ2v) is 11.9. The molecule has 43 heavy (non-hydrogen) atoms. The van der Waals surface area contributed by atoms with Gasteiger partial charge in [0.15, 0.2) is 11.6 Å². The van der Waals surface area contributed by atoms with Crippen LogP contribution in [0.2, 0.25) is 0 Å². The zero-order valence-electron chi connectivity index (χ0n) is 25.0. The van der Waals surface area contributed by atoms with Crippen molar-refractivity contribution in [3.05, 3.63) is 52.3 Å². The second kappa shape index (κ2) is 14.6. The normalized spacial score (nSPS) is 16.6. The smallest absolute Gasteiger partial charge is 0.283 e. The van der Waals surface area contributed by atoms with E-state index in [-0.39, 0.29) is 5.56 Å². The lowest BCUT2D eigenvalue weighted by Crippen LogP contribution is -2.27. The second-order valence-electron chi connectivity index (χ2n) is 11.9. The molecule has 230 valence electrons. The van der Waals surface area contributed by atoms with E-state index in [1.54, 1.807) is 6.07 Å². The quantitative estimate of drug-likeness (QED) is 0.190. The largest absolute Gasteiger partial charge is 0.494 e. The summed E-state index contributed by atoms with van der Waals surface area (Å²) in [7, 11) is 0. The Hall–Kier alpha value is -3.83. The summed E-state index contributed by atoms with van der Waals surface area (Å²) < 4.78 is 11.5. The first-order valence-electron chi connectivity index (χ1n) is 16.2. The first kappa shape index (κ1) is 29.3. The van der Waals surface area contributed by atoms with E-state index in [1.807, 2.05) is 33.6 Å². The number of hydrogen-bond donors (Lipinski definition) is 0. The number of rotatable bonds is 14. The molecule has 6 rings (SSSR count). The van der Waals surface area contributed by atoms with Crippen molar-refractivity contribution in [1.82, 2.24) is 45.1 Å². The molecule has 0 aliphatic heterocycles. The van der Waals surface area contributed by atoms with E-state index in [1.165, 1.54) is 56.1 Å². The van der Waals surface area contributed by atoms with Crippen molar-refractivity contribution in [1.29, 1.82) is 0 Å². The molecule has 0 atom stereocenters. The SMILES string of the molecule is O=c1ccc2cc(OCCCCc3nnnn3C3CCCCC3)ccc2n1OCCCCc1nnnn1C1CCCCC1. The van der Waals surface area contributed by atoms with E-state index in [9.17, 15) is 4.79 Å². The van der Waals surface area contributed by atoms with Crippen LogP contribution in [0, 0.1) is 0 Å². The van der Waals surface area contributed by atoms with E-state index >= 15 is 0 Å². The molecule has 0 bridgehead atoms. The van der Waals surface area contributed by atoms with Crippen molar-refractivity contribution in [3.63, 3.8) is 0 Å². The fourth-order valence-corrected chi connectivity index (χ4v) is 6.51. The molecule has 0 unspecified atom stereocenters. The number of pyridine rings is 1. The summed E-state index contributed by atoms with van der Waals surface area (Å²) in [5, 5.41) is 25.8. The number of benzene rings is 1. The third-order valence-corrected chi connectivity index (χ3v) is 8.87. The van der Waals surface area contributed by atoms with Gasteiger partial charge in [-0.1, -0.05) is 38.5 Å². The average molecular weight is 590 g/mol. The molecule has 4 aromatic rings. The maximum absolute atomic E-state index is 12.6. The number of hydrogen-bond acceptors (Lipinski definition) is 9. The predicted molar refractivity (Wildman–Crippen MR) is 161 cm³/mol. The Kier molecular flexibility index (Phi) is 9.91. The highest BCUT2D eigenvalue weighted by atomic mass is 16.7. The molecule has 3 aromatic heterocycles. The van der Waals surface area contributed by atoms with Gasteiger partial charge in [0.2, 0.25) is 0 Å².